The maximum Gasteiger partial charge on any atom is 0.273 e. The number of amides is 1. The zero-order chi connectivity index (χ0) is 19.4. The number of H-pyrrole nitrogens is 1. The molecule has 0 aliphatic heterocycles. The molecule has 0 atom stereocenters. The van der Waals surface area contributed by atoms with Crippen molar-refractivity contribution in [2.45, 2.75) is 26.2 Å². The van der Waals surface area contributed by atoms with Crippen LogP contribution in [0.2, 0.25) is 0 Å². The molecule has 0 bridgehead atoms. The van der Waals surface area contributed by atoms with E-state index in [4.69, 9.17) is 0 Å². The molecule has 138 valence electrons. The standard InChI is InChI=1S/C19H19N5O3/c1-12(2)18-21-19(23-22-18)14-8-4-5-9-15(14)20-17(25)11-13-7-3-6-10-16(13)24(26)27/h3-10,12H,11H2,1-2H3,(H,20,25)(H,21,22,23). The van der Waals surface area contributed by atoms with Gasteiger partial charge in [-0.2, -0.15) is 5.10 Å². The average molecular weight is 365 g/mol. The number of hydrogen-bond donors (Lipinski definition) is 2. The van der Waals surface area contributed by atoms with Crippen molar-refractivity contribution < 1.29 is 9.72 Å². The summed E-state index contributed by atoms with van der Waals surface area (Å²) >= 11 is 0. The summed E-state index contributed by atoms with van der Waals surface area (Å²) in [5.74, 6) is 1.09. The maximum absolute atomic E-state index is 12.5. The number of aromatic nitrogens is 3. The lowest BCUT2D eigenvalue weighted by Gasteiger charge is -2.09. The Balaban J connectivity index is 1.82. The third kappa shape index (κ3) is 4.17. The molecular formula is C19H19N5O3. The number of nitro groups is 1. The van der Waals surface area contributed by atoms with Gasteiger partial charge < -0.3 is 5.32 Å². The molecule has 0 fully saturated rings. The van der Waals surface area contributed by atoms with Gasteiger partial charge in [-0.1, -0.05) is 44.2 Å². The molecule has 8 nitrogen and oxygen atoms in total. The van der Waals surface area contributed by atoms with Gasteiger partial charge in [0.05, 0.1) is 17.0 Å². The van der Waals surface area contributed by atoms with E-state index in [0.29, 0.717) is 22.6 Å². The molecule has 8 heteroatoms. The molecular weight excluding hydrogens is 346 g/mol. The number of anilines is 1. The van der Waals surface area contributed by atoms with Crippen molar-refractivity contribution in [2.75, 3.05) is 5.32 Å². The van der Waals surface area contributed by atoms with Crippen LogP contribution in [0.15, 0.2) is 48.5 Å². The first-order valence-electron chi connectivity index (χ1n) is 8.49. The highest BCUT2D eigenvalue weighted by Gasteiger charge is 2.17. The van der Waals surface area contributed by atoms with Gasteiger partial charge in [0.15, 0.2) is 5.82 Å². The Labute approximate surface area is 155 Å². The van der Waals surface area contributed by atoms with E-state index in [-0.39, 0.29) is 23.9 Å². The minimum Gasteiger partial charge on any atom is -0.325 e. The molecule has 3 rings (SSSR count). The Morgan fingerprint density at radius 2 is 1.89 bits per heavy atom. The summed E-state index contributed by atoms with van der Waals surface area (Å²) in [5.41, 5.74) is 1.51. The van der Waals surface area contributed by atoms with Crippen molar-refractivity contribution in [3.05, 3.63) is 70.0 Å². The lowest BCUT2D eigenvalue weighted by molar-refractivity contribution is -0.385. The summed E-state index contributed by atoms with van der Waals surface area (Å²) in [6.07, 6.45) is -0.100. The van der Waals surface area contributed by atoms with Gasteiger partial charge in [-0.05, 0) is 12.1 Å². The number of nitrogens with one attached hydrogen (secondary N) is 2. The molecule has 1 heterocycles. The van der Waals surface area contributed by atoms with Gasteiger partial charge in [-0.15, -0.1) is 0 Å². The van der Waals surface area contributed by atoms with Crippen molar-refractivity contribution in [1.82, 2.24) is 15.2 Å². The second kappa shape index (κ2) is 7.77. The average Bonchev–Trinajstić information content (AvgIpc) is 3.12. The summed E-state index contributed by atoms with van der Waals surface area (Å²) in [4.78, 5) is 27.6. The monoisotopic (exact) mass is 365 g/mol. The normalized spacial score (nSPS) is 10.8. The molecule has 0 saturated heterocycles. The molecule has 0 radical (unpaired) electrons. The first-order chi connectivity index (χ1) is 13.0. The van der Waals surface area contributed by atoms with Gasteiger partial charge in [0.1, 0.15) is 5.82 Å². The minimum absolute atomic E-state index is 0.0727. The fourth-order valence-electron chi connectivity index (χ4n) is 2.65. The number of aromatic amines is 1. The fourth-order valence-corrected chi connectivity index (χ4v) is 2.65. The number of carbonyl (C=O) groups excluding carboxylic acids is 1. The Morgan fingerprint density at radius 3 is 2.59 bits per heavy atom. The van der Waals surface area contributed by atoms with E-state index in [0.717, 1.165) is 5.82 Å². The Bertz CT molecular complexity index is 981. The van der Waals surface area contributed by atoms with Crippen molar-refractivity contribution in [2.24, 2.45) is 0 Å². The number of rotatable bonds is 6. The largest absolute Gasteiger partial charge is 0.325 e. The van der Waals surface area contributed by atoms with Crippen LogP contribution < -0.4 is 5.32 Å². The highest BCUT2D eigenvalue weighted by Crippen LogP contribution is 2.26. The van der Waals surface area contributed by atoms with E-state index in [9.17, 15) is 14.9 Å². The van der Waals surface area contributed by atoms with E-state index in [1.165, 1.54) is 6.07 Å². The van der Waals surface area contributed by atoms with Crippen LogP contribution in [-0.2, 0) is 11.2 Å². The first kappa shape index (κ1) is 18.2. The summed E-state index contributed by atoms with van der Waals surface area (Å²) in [7, 11) is 0. The number of benzene rings is 2. The fraction of sp³-hybridized carbons (Fsp3) is 0.211. The molecule has 2 N–H and O–H groups in total. The number of nitrogens with zero attached hydrogens (tertiary/aromatic N) is 3. The van der Waals surface area contributed by atoms with E-state index < -0.39 is 4.92 Å². The third-order valence-electron chi connectivity index (χ3n) is 4.03. The zero-order valence-electron chi connectivity index (χ0n) is 15.0. The lowest BCUT2D eigenvalue weighted by atomic mass is 10.1. The predicted octanol–water partition coefficient (Wildman–Crippen LogP) is 3.68. The SMILES string of the molecule is CC(C)c1nc(-c2ccccc2NC(=O)Cc2ccccc2[N+](=O)[O-])n[nH]1. The van der Waals surface area contributed by atoms with Crippen molar-refractivity contribution in [3.63, 3.8) is 0 Å². The maximum atomic E-state index is 12.5. The molecule has 2 aromatic carbocycles. The highest BCUT2D eigenvalue weighted by molar-refractivity contribution is 5.96. The smallest absolute Gasteiger partial charge is 0.273 e. The van der Waals surface area contributed by atoms with Crippen molar-refractivity contribution in [1.29, 1.82) is 0 Å². The second-order valence-electron chi connectivity index (χ2n) is 6.36. The van der Waals surface area contributed by atoms with Gasteiger partial charge in [-0.3, -0.25) is 20.0 Å². The van der Waals surface area contributed by atoms with E-state index >= 15 is 0 Å². The van der Waals surface area contributed by atoms with Gasteiger partial charge in [-0.25, -0.2) is 4.98 Å². The molecule has 1 amide bonds. The van der Waals surface area contributed by atoms with Crippen molar-refractivity contribution in [3.8, 4) is 11.4 Å². The summed E-state index contributed by atoms with van der Waals surface area (Å²) < 4.78 is 0. The highest BCUT2D eigenvalue weighted by atomic mass is 16.6. The summed E-state index contributed by atoms with van der Waals surface area (Å²) in [6, 6.07) is 13.4. The van der Waals surface area contributed by atoms with E-state index in [1.54, 1.807) is 30.3 Å². The second-order valence-corrected chi connectivity index (χ2v) is 6.36. The van der Waals surface area contributed by atoms with Crippen LogP contribution in [0.3, 0.4) is 0 Å². The number of carbonyl (C=O) groups is 1. The predicted molar refractivity (Wildman–Crippen MR) is 101 cm³/mol. The van der Waals surface area contributed by atoms with Gasteiger partial charge in [0.2, 0.25) is 5.91 Å². The van der Waals surface area contributed by atoms with Crippen LogP contribution in [-0.4, -0.2) is 26.0 Å². The van der Waals surface area contributed by atoms with Gasteiger partial charge in [0, 0.05) is 23.1 Å². The van der Waals surface area contributed by atoms with Crippen LogP contribution in [0.25, 0.3) is 11.4 Å². The van der Waals surface area contributed by atoms with Gasteiger partial charge >= 0.3 is 0 Å². The molecule has 1 aromatic heterocycles. The molecule has 0 aliphatic rings. The van der Waals surface area contributed by atoms with Crippen LogP contribution in [0.1, 0.15) is 31.2 Å². The Hall–Kier alpha value is -3.55. The van der Waals surface area contributed by atoms with Crippen LogP contribution in [0.4, 0.5) is 11.4 Å². The number of nitro benzene ring substituents is 1. The molecule has 3 aromatic rings. The third-order valence-corrected chi connectivity index (χ3v) is 4.03. The number of para-hydroxylation sites is 2. The van der Waals surface area contributed by atoms with Crippen LogP contribution >= 0.6 is 0 Å². The van der Waals surface area contributed by atoms with E-state index in [1.807, 2.05) is 26.0 Å². The quantitative estimate of drug-likeness (QED) is 0.511. The lowest BCUT2D eigenvalue weighted by Crippen LogP contribution is -2.16. The topological polar surface area (TPSA) is 114 Å². The van der Waals surface area contributed by atoms with Crippen molar-refractivity contribution >= 4 is 17.3 Å². The first-order valence-corrected chi connectivity index (χ1v) is 8.49. The minimum atomic E-state index is -0.488. The van der Waals surface area contributed by atoms with Crippen LogP contribution in [0, 0.1) is 10.1 Å². The summed E-state index contributed by atoms with van der Waals surface area (Å²) in [5, 5.41) is 21.0. The Kier molecular flexibility index (Phi) is 5.25. The van der Waals surface area contributed by atoms with Crippen LogP contribution in [0.5, 0.6) is 0 Å². The zero-order valence-corrected chi connectivity index (χ0v) is 15.0. The molecule has 0 spiro atoms. The Morgan fingerprint density at radius 1 is 1.19 bits per heavy atom. The summed E-state index contributed by atoms with van der Waals surface area (Å²) in [6.45, 7) is 4.01. The van der Waals surface area contributed by atoms with Gasteiger partial charge in [0.25, 0.3) is 5.69 Å². The molecule has 27 heavy (non-hydrogen) atoms. The van der Waals surface area contributed by atoms with E-state index in [2.05, 4.69) is 20.5 Å². The molecule has 0 unspecified atom stereocenters. The molecule has 0 aliphatic carbocycles. The molecule has 0 saturated carbocycles. The number of hydrogen-bond acceptors (Lipinski definition) is 5.